The molecule has 2 aromatic rings. The minimum absolute atomic E-state index is 0.0345. The van der Waals surface area contributed by atoms with Gasteiger partial charge in [-0.2, -0.15) is 0 Å². The highest BCUT2D eigenvalue weighted by Crippen LogP contribution is 2.31. The van der Waals surface area contributed by atoms with E-state index in [1.165, 1.54) is 17.5 Å². The number of benzene rings is 2. The SMILES string of the molecule is COc1cc(C)c(C)cc1S(=O)(=O)Nc1cccc(N2CCCS2(=O)=O)c1. The van der Waals surface area contributed by atoms with E-state index in [0.717, 1.165) is 11.1 Å². The summed E-state index contributed by atoms with van der Waals surface area (Å²) in [4.78, 5) is 0.0345. The number of rotatable bonds is 5. The van der Waals surface area contributed by atoms with Crippen LogP contribution in [0.4, 0.5) is 11.4 Å². The Morgan fingerprint density at radius 2 is 1.81 bits per heavy atom. The second-order valence-electron chi connectivity index (χ2n) is 6.48. The van der Waals surface area contributed by atoms with E-state index in [1.807, 2.05) is 13.8 Å². The maximum atomic E-state index is 12.9. The van der Waals surface area contributed by atoms with Crippen LogP contribution in [0.2, 0.25) is 0 Å². The average molecular weight is 411 g/mol. The van der Waals surface area contributed by atoms with Crippen molar-refractivity contribution in [3.63, 3.8) is 0 Å². The average Bonchev–Trinajstić information content (AvgIpc) is 2.96. The van der Waals surface area contributed by atoms with Crippen molar-refractivity contribution in [2.45, 2.75) is 25.2 Å². The third-order valence-electron chi connectivity index (χ3n) is 4.56. The highest BCUT2D eigenvalue weighted by molar-refractivity contribution is 7.93. The van der Waals surface area contributed by atoms with E-state index in [1.54, 1.807) is 30.3 Å². The molecule has 1 N–H and O–H groups in total. The Morgan fingerprint density at radius 1 is 1.11 bits per heavy atom. The van der Waals surface area contributed by atoms with Gasteiger partial charge in [-0.25, -0.2) is 16.8 Å². The fourth-order valence-corrected chi connectivity index (χ4v) is 5.84. The predicted octanol–water partition coefficient (Wildman–Crippen LogP) is 2.65. The van der Waals surface area contributed by atoms with Gasteiger partial charge in [-0.05, 0) is 61.7 Å². The lowest BCUT2D eigenvalue weighted by molar-refractivity contribution is 0.402. The highest BCUT2D eigenvalue weighted by atomic mass is 32.2. The Labute approximate surface area is 160 Å². The van der Waals surface area contributed by atoms with Crippen molar-refractivity contribution in [1.29, 1.82) is 0 Å². The number of ether oxygens (including phenoxy) is 1. The van der Waals surface area contributed by atoms with E-state index in [4.69, 9.17) is 4.74 Å². The molecule has 0 atom stereocenters. The zero-order chi connectivity index (χ0) is 19.8. The summed E-state index contributed by atoms with van der Waals surface area (Å²) in [6.07, 6.45) is 0.554. The first-order chi connectivity index (χ1) is 12.6. The fourth-order valence-electron chi connectivity index (χ4n) is 3.00. The Morgan fingerprint density at radius 3 is 2.44 bits per heavy atom. The second kappa shape index (κ2) is 7.05. The van der Waals surface area contributed by atoms with Crippen molar-refractivity contribution < 1.29 is 21.6 Å². The van der Waals surface area contributed by atoms with Crippen LogP contribution in [-0.2, 0) is 20.0 Å². The fraction of sp³-hybridized carbons (Fsp3) is 0.333. The van der Waals surface area contributed by atoms with Crippen molar-refractivity contribution >= 4 is 31.4 Å². The molecule has 0 bridgehead atoms. The summed E-state index contributed by atoms with van der Waals surface area (Å²) >= 11 is 0. The van der Waals surface area contributed by atoms with E-state index in [9.17, 15) is 16.8 Å². The summed E-state index contributed by atoms with van der Waals surface area (Å²) in [5, 5.41) is 0. The van der Waals surface area contributed by atoms with Crippen LogP contribution in [0.1, 0.15) is 17.5 Å². The van der Waals surface area contributed by atoms with Gasteiger partial charge in [0.15, 0.2) is 0 Å². The van der Waals surface area contributed by atoms with Gasteiger partial charge in [-0.15, -0.1) is 0 Å². The molecule has 0 unspecified atom stereocenters. The molecule has 0 saturated carbocycles. The molecule has 0 aromatic heterocycles. The Hall–Kier alpha value is -2.26. The van der Waals surface area contributed by atoms with Crippen LogP contribution in [0.15, 0.2) is 41.3 Å². The van der Waals surface area contributed by atoms with Gasteiger partial charge in [0, 0.05) is 6.54 Å². The van der Waals surface area contributed by atoms with Crippen LogP contribution in [0.25, 0.3) is 0 Å². The summed E-state index contributed by atoms with van der Waals surface area (Å²) in [6, 6.07) is 9.61. The van der Waals surface area contributed by atoms with Crippen molar-refractivity contribution in [3.05, 3.63) is 47.5 Å². The van der Waals surface area contributed by atoms with E-state index >= 15 is 0 Å². The summed E-state index contributed by atoms with van der Waals surface area (Å²) < 4.78 is 59.0. The smallest absolute Gasteiger partial charge is 0.265 e. The highest BCUT2D eigenvalue weighted by Gasteiger charge is 2.29. The maximum Gasteiger partial charge on any atom is 0.265 e. The molecule has 1 aliphatic heterocycles. The molecule has 0 radical (unpaired) electrons. The molecule has 27 heavy (non-hydrogen) atoms. The molecule has 9 heteroatoms. The first-order valence-electron chi connectivity index (χ1n) is 8.42. The van der Waals surface area contributed by atoms with E-state index in [0.29, 0.717) is 18.7 Å². The molecular weight excluding hydrogens is 388 g/mol. The Bertz CT molecular complexity index is 1080. The molecule has 1 fully saturated rings. The third-order valence-corrected chi connectivity index (χ3v) is 7.83. The maximum absolute atomic E-state index is 12.9. The first-order valence-corrected chi connectivity index (χ1v) is 11.5. The number of nitrogens with zero attached hydrogens (tertiary/aromatic N) is 1. The van der Waals surface area contributed by atoms with Gasteiger partial charge in [-0.3, -0.25) is 9.03 Å². The van der Waals surface area contributed by atoms with Crippen LogP contribution in [-0.4, -0.2) is 36.2 Å². The molecule has 0 aliphatic carbocycles. The van der Waals surface area contributed by atoms with E-state index in [-0.39, 0.29) is 22.1 Å². The molecule has 0 amide bonds. The summed E-state index contributed by atoms with van der Waals surface area (Å²) in [7, 11) is -5.83. The minimum atomic E-state index is -3.91. The normalized spacial score (nSPS) is 16.3. The lowest BCUT2D eigenvalue weighted by Crippen LogP contribution is -2.25. The topological polar surface area (TPSA) is 92.8 Å². The second-order valence-corrected chi connectivity index (χ2v) is 10.1. The predicted molar refractivity (Wildman–Crippen MR) is 105 cm³/mol. The molecule has 146 valence electrons. The van der Waals surface area contributed by atoms with Crippen LogP contribution in [0, 0.1) is 13.8 Å². The quantitative estimate of drug-likeness (QED) is 0.818. The summed E-state index contributed by atoms with van der Waals surface area (Å²) in [5.41, 5.74) is 2.48. The van der Waals surface area contributed by atoms with Gasteiger partial charge in [0.05, 0.1) is 24.2 Å². The third kappa shape index (κ3) is 3.89. The van der Waals surface area contributed by atoms with Gasteiger partial charge < -0.3 is 4.74 Å². The van der Waals surface area contributed by atoms with Gasteiger partial charge >= 0.3 is 0 Å². The van der Waals surface area contributed by atoms with Crippen molar-refractivity contribution in [1.82, 2.24) is 0 Å². The molecule has 0 spiro atoms. The number of anilines is 2. The molecule has 1 saturated heterocycles. The largest absolute Gasteiger partial charge is 0.495 e. The monoisotopic (exact) mass is 410 g/mol. The van der Waals surface area contributed by atoms with Crippen LogP contribution in [0.3, 0.4) is 0 Å². The summed E-state index contributed by atoms with van der Waals surface area (Å²) in [6.45, 7) is 4.10. The van der Waals surface area contributed by atoms with Gasteiger partial charge in [0.2, 0.25) is 10.0 Å². The van der Waals surface area contributed by atoms with Crippen molar-refractivity contribution in [3.8, 4) is 5.75 Å². The number of hydrogen-bond donors (Lipinski definition) is 1. The Balaban J connectivity index is 1.96. The van der Waals surface area contributed by atoms with Gasteiger partial charge in [-0.1, -0.05) is 6.07 Å². The molecule has 7 nitrogen and oxygen atoms in total. The summed E-state index contributed by atoms with van der Waals surface area (Å²) in [5.74, 6) is 0.354. The van der Waals surface area contributed by atoms with Crippen LogP contribution in [0.5, 0.6) is 5.75 Å². The molecule has 1 heterocycles. The lowest BCUT2D eigenvalue weighted by Gasteiger charge is -2.18. The standard InChI is InChI=1S/C18H22N2O5S2/c1-13-10-17(25-3)18(11-14(13)2)27(23,24)19-15-6-4-7-16(12-15)20-8-5-9-26(20,21)22/h4,6-7,10-12,19H,5,8-9H2,1-3H3. The minimum Gasteiger partial charge on any atom is -0.495 e. The van der Waals surface area contributed by atoms with Gasteiger partial charge in [0.1, 0.15) is 10.6 Å². The number of aryl methyl sites for hydroxylation is 2. The van der Waals surface area contributed by atoms with E-state index in [2.05, 4.69) is 4.72 Å². The van der Waals surface area contributed by atoms with Crippen LogP contribution >= 0.6 is 0 Å². The molecule has 1 aliphatic rings. The molecule has 2 aromatic carbocycles. The lowest BCUT2D eigenvalue weighted by atomic mass is 10.1. The van der Waals surface area contributed by atoms with Gasteiger partial charge in [0.25, 0.3) is 10.0 Å². The number of methoxy groups -OCH3 is 1. The number of nitrogens with one attached hydrogen (secondary N) is 1. The van der Waals surface area contributed by atoms with Crippen LogP contribution < -0.4 is 13.8 Å². The van der Waals surface area contributed by atoms with Crippen molar-refractivity contribution in [2.75, 3.05) is 28.4 Å². The molecular formula is C18H22N2O5S2. The Kier molecular flexibility index (Phi) is 5.09. The molecule has 3 rings (SSSR count). The van der Waals surface area contributed by atoms with E-state index < -0.39 is 20.0 Å². The number of hydrogen-bond acceptors (Lipinski definition) is 5. The zero-order valence-electron chi connectivity index (χ0n) is 15.4. The first kappa shape index (κ1) is 19.5. The zero-order valence-corrected chi connectivity index (χ0v) is 17.0. The van der Waals surface area contributed by atoms with Crippen molar-refractivity contribution in [2.24, 2.45) is 0 Å². The number of sulfonamides is 2.